The minimum absolute atomic E-state index is 0.0305. The summed E-state index contributed by atoms with van der Waals surface area (Å²) in [6.45, 7) is 12.2. The number of ketones is 1. The Morgan fingerprint density at radius 1 is 1.06 bits per heavy atom. The van der Waals surface area contributed by atoms with Crippen LogP contribution in [0.15, 0.2) is 48.0 Å². The predicted octanol–water partition coefficient (Wildman–Crippen LogP) is 4.06. The number of morpholine rings is 1. The number of carbonyl (C=O) groups is 2. The highest BCUT2D eigenvalue weighted by molar-refractivity contribution is 6.46. The number of nitrogens with zero attached hydrogens (tertiary/aromatic N) is 2. The van der Waals surface area contributed by atoms with E-state index >= 15 is 0 Å². The molecule has 7 heteroatoms. The van der Waals surface area contributed by atoms with E-state index in [1.807, 2.05) is 31.2 Å². The first kappa shape index (κ1) is 25.9. The third kappa shape index (κ3) is 5.18. The molecule has 0 aromatic heterocycles. The molecule has 2 aromatic rings. The quantitative estimate of drug-likeness (QED) is 0.372. The Morgan fingerprint density at radius 2 is 1.72 bits per heavy atom. The summed E-state index contributed by atoms with van der Waals surface area (Å²) in [5.74, 6) is -0.725. The van der Waals surface area contributed by atoms with Gasteiger partial charge in [-0.05, 0) is 47.2 Å². The van der Waals surface area contributed by atoms with Crippen LogP contribution in [0, 0.1) is 6.92 Å². The molecule has 36 heavy (non-hydrogen) atoms. The van der Waals surface area contributed by atoms with Gasteiger partial charge in [-0.2, -0.15) is 0 Å². The van der Waals surface area contributed by atoms with E-state index < -0.39 is 17.7 Å². The fraction of sp³-hybridized carbons (Fsp3) is 0.448. The number of hydrogen-bond donors (Lipinski definition) is 1. The van der Waals surface area contributed by atoms with Crippen LogP contribution < -0.4 is 4.74 Å². The number of benzene rings is 2. The lowest BCUT2D eigenvalue weighted by molar-refractivity contribution is -0.140. The van der Waals surface area contributed by atoms with Crippen molar-refractivity contribution in [1.29, 1.82) is 0 Å². The van der Waals surface area contributed by atoms with E-state index in [0.717, 1.165) is 29.8 Å². The molecular weight excluding hydrogens is 456 g/mol. The summed E-state index contributed by atoms with van der Waals surface area (Å²) in [5, 5.41) is 11.4. The Labute approximate surface area is 213 Å². The van der Waals surface area contributed by atoms with Crippen LogP contribution in [-0.4, -0.2) is 73.1 Å². The molecule has 2 aromatic carbocycles. The van der Waals surface area contributed by atoms with Gasteiger partial charge in [0.15, 0.2) is 0 Å². The van der Waals surface area contributed by atoms with Crippen LogP contribution in [0.1, 0.15) is 49.1 Å². The number of carbonyl (C=O) groups excluding carboxylic acids is 2. The van der Waals surface area contributed by atoms with Crippen molar-refractivity contribution in [2.45, 2.75) is 39.2 Å². The lowest BCUT2D eigenvalue weighted by Gasteiger charge is -2.31. The Bertz CT molecular complexity index is 1160. The number of ether oxygens (including phenoxy) is 2. The van der Waals surface area contributed by atoms with E-state index in [4.69, 9.17) is 9.47 Å². The lowest BCUT2D eigenvalue weighted by Crippen LogP contribution is -2.42. The Hall–Kier alpha value is -3.16. The SMILES string of the molecule is COc1ccc(/C(O)=C2\C(=O)C(=O)N(CCN3CCOCC3)[C@@H]2c2ccc(C(C)(C)C)cc2)cc1C. The van der Waals surface area contributed by atoms with Crippen molar-refractivity contribution in [1.82, 2.24) is 9.80 Å². The fourth-order valence-electron chi connectivity index (χ4n) is 4.88. The zero-order valence-corrected chi connectivity index (χ0v) is 21.8. The van der Waals surface area contributed by atoms with Gasteiger partial charge in [0.25, 0.3) is 11.7 Å². The van der Waals surface area contributed by atoms with Crippen LogP contribution in [0.2, 0.25) is 0 Å². The van der Waals surface area contributed by atoms with Gasteiger partial charge in [0.1, 0.15) is 11.5 Å². The highest BCUT2D eigenvalue weighted by atomic mass is 16.5. The molecule has 1 amide bonds. The van der Waals surface area contributed by atoms with Crippen molar-refractivity contribution >= 4 is 17.4 Å². The van der Waals surface area contributed by atoms with Crippen molar-refractivity contribution in [2.75, 3.05) is 46.5 Å². The normalized spacial score (nSPS) is 20.7. The summed E-state index contributed by atoms with van der Waals surface area (Å²) in [6, 6.07) is 12.6. The molecule has 0 spiro atoms. The predicted molar refractivity (Wildman–Crippen MR) is 139 cm³/mol. The number of amides is 1. The van der Waals surface area contributed by atoms with Gasteiger partial charge in [-0.15, -0.1) is 0 Å². The summed E-state index contributed by atoms with van der Waals surface area (Å²) in [4.78, 5) is 30.4. The maximum absolute atomic E-state index is 13.3. The standard InChI is InChI=1S/C29H36N2O5/c1-19-18-21(8-11-23(19)35-5)26(32)24-25(20-6-9-22(10-7-20)29(2,3)4)31(28(34)27(24)33)13-12-30-14-16-36-17-15-30/h6-11,18,25,32H,12-17H2,1-5H3/b26-24+/t25-/m1/s1. The minimum atomic E-state index is -0.664. The molecule has 1 atom stereocenters. The molecule has 1 N–H and O–H groups in total. The summed E-state index contributed by atoms with van der Waals surface area (Å²) >= 11 is 0. The number of rotatable bonds is 6. The molecule has 0 unspecified atom stereocenters. The molecule has 4 rings (SSSR count). The van der Waals surface area contributed by atoms with E-state index in [9.17, 15) is 14.7 Å². The third-order valence-electron chi connectivity index (χ3n) is 7.06. The first-order chi connectivity index (χ1) is 17.1. The van der Waals surface area contributed by atoms with Crippen LogP contribution in [-0.2, 0) is 19.7 Å². The highest BCUT2D eigenvalue weighted by Gasteiger charge is 2.46. The van der Waals surface area contributed by atoms with Crippen LogP contribution >= 0.6 is 0 Å². The second kappa shape index (κ2) is 10.4. The van der Waals surface area contributed by atoms with E-state index in [1.165, 1.54) is 0 Å². The lowest BCUT2D eigenvalue weighted by atomic mass is 9.85. The maximum Gasteiger partial charge on any atom is 0.295 e. The summed E-state index contributed by atoms with van der Waals surface area (Å²) < 4.78 is 10.8. The van der Waals surface area contributed by atoms with Gasteiger partial charge in [0, 0.05) is 31.7 Å². The second-order valence-electron chi connectivity index (χ2n) is 10.5. The van der Waals surface area contributed by atoms with Crippen LogP contribution in [0.25, 0.3) is 5.76 Å². The summed E-state index contributed by atoms with van der Waals surface area (Å²) in [7, 11) is 1.59. The topological polar surface area (TPSA) is 79.3 Å². The average Bonchev–Trinajstić information content (AvgIpc) is 3.12. The molecule has 0 saturated carbocycles. The van der Waals surface area contributed by atoms with E-state index in [2.05, 4.69) is 25.7 Å². The van der Waals surface area contributed by atoms with Crippen molar-refractivity contribution in [3.05, 3.63) is 70.3 Å². The van der Waals surface area contributed by atoms with Gasteiger partial charge in [-0.1, -0.05) is 45.0 Å². The molecule has 0 aliphatic carbocycles. The molecule has 0 bridgehead atoms. The zero-order valence-electron chi connectivity index (χ0n) is 21.8. The van der Waals surface area contributed by atoms with Gasteiger partial charge in [-0.25, -0.2) is 0 Å². The maximum atomic E-state index is 13.3. The van der Waals surface area contributed by atoms with E-state index in [0.29, 0.717) is 37.6 Å². The number of aliphatic hydroxyl groups is 1. The fourth-order valence-corrected chi connectivity index (χ4v) is 4.88. The van der Waals surface area contributed by atoms with Gasteiger partial charge < -0.3 is 19.5 Å². The van der Waals surface area contributed by atoms with Crippen molar-refractivity contribution in [2.24, 2.45) is 0 Å². The Kier molecular flexibility index (Phi) is 7.52. The molecule has 7 nitrogen and oxygen atoms in total. The van der Waals surface area contributed by atoms with Crippen LogP contribution in [0.3, 0.4) is 0 Å². The van der Waals surface area contributed by atoms with Crippen molar-refractivity contribution < 1.29 is 24.2 Å². The molecular formula is C29H36N2O5. The molecule has 2 saturated heterocycles. The number of likely N-dealkylation sites (tertiary alicyclic amines) is 1. The second-order valence-corrected chi connectivity index (χ2v) is 10.5. The number of methoxy groups -OCH3 is 1. The van der Waals surface area contributed by atoms with Gasteiger partial charge in [-0.3, -0.25) is 14.5 Å². The van der Waals surface area contributed by atoms with Gasteiger partial charge in [0.05, 0.1) is 31.9 Å². The van der Waals surface area contributed by atoms with Crippen molar-refractivity contribution in [3.8, 4) is 5.75 Å². The molecule has 2 fully saturated rings. The number of aryl methyl sites for hydroxylation is 1. The van der Waals surface area contributed by atoms with Crippen molar-refractivity contribution in [3.63, 3.8) is 0 Å². The minimum Gasteiger partial charge on any atom is -0.507 e. The summed E-state index contributed by atoms with van der Waals surface area (Å²) in [5.41, 5.74) is 3.36. The van der Waals surface area contributed by atoms with Crippen LogP contribution in [0.4, 0.5) is 0 Å². The van der Waals surface area contributed by atoms with E-state index in [1.54, 1.807) is 30.2 Å². The first-order valence-electron chi connectivity index (χ1n) is 12.5. The summed E-state index contributed by atoms with van der Waals surface area (Å²) in [6.07, 6.45) is 0. The third-order valence-corrected chi connectivity index (χ3v) is 7.06. The number of Topliss-reactive ketones (excluding diaryl/α,β-unsaturated/α-hetero) is 1. The molecule has 0 radical (unpaired) electrons. The van der Waals surface area contributed by atoms with Gasteiger partial charge in [0.2, 0.25) is 0 Å². The monoisotopic (exact) mass is 492 g/mol. The number of aliphatic hydroxyl groups excluding tert-OH is 1. The van der Waals surface area contributed by atoms with Crippen LogP contribution in [0.5, 0.6) is 5.75 Å². The van der Waals surface area contributed by atoms with Gasteiger partial charge >= 0.3 is 0 Å². The Balaban J connectivity index is 1.76. The average molecular weight is 493 g/mol. The molecule has 192 valence electrons. The molecule has 2 aliphatic rings. The first-order valence-corrected chi connectivity index (χ1v) is 12.5. The largest absolute Gasteiger partial charge is 0.507 e. The number of hydrogen-bond acceptors (Lipinski definition) is 6. The zero-order chi connectivity index (χ0) is 26.0. The molecule has 2 aliphatic heterocycles. The highest BCUT2D eigenvalue weighted by Crippen LogP contribution is 2.40. The smallest absolute Gasteiger partial charge is 0.295 e. The molecule has 2 heterocycles. The van der Waals surface area contributed by atoms with E-state index in [-0.39, 0.29) is 16.7 Å². The Morgan fingerprint density at radius 3 is 2.31 bits per heavy atom.